The third-order valence-electron chi connectivity index (χ3n) is 5.44. The molecular weight excluding hydrogens is 420 g/mol. The first-order valence-electron chi connectivity index (χ1n) is 10.4. The molecule has 0 N–H and O–H groups in total. The average Bonchev–Trinajstić information content (AvgIpc) is 3.35. The average molecular weight is 440 g/mol. The lowest BCUT2D eigenvalue weighted by atomic mass is 9.91. The minimum atomic E-state index is -0.980. The highest BCUT2D eigenvalue weighted by molar-refractivity contribution is 6.15. The van der Waals surface area contributed by atoms with Gasteiger partial charge in [-0.3, -0.25) is 9.59 Å². The molecule has 0 unspecified atom stereocenters. The van der Waals surface area contributed by atoms with E-state index in [1.54, 1.807) is 61.8 Å². The largest absolute Gasteiger partial charge is 0.497 e. The summed E-state index contributed by atoms with van der Waals surface area (Å²) in [5.74, 6) is 0.491. The fourth-order valence-electron chi connectivity index (χ4n) is 3.71. The molecule has 8 heteroatoms. The molecule has 0 spiro atoms. The van der Waals surface area contributed by atoms with Crippen LogP contribution in [0.25, 0.3) is 11.3 Å². The Morgan fingerprint density at radius 2 is 1.55 bits per heavy atom. The molecule has 2 atom stereocenters. The van der Waals surface area contributed by atoms with Gasteiger partial charge in [0.05, 0.1) is 13.3 Å². The Labute approximate surface area is 189 Å². The fraction of sp³-hybridized carbons (Fsp3) is 0.120. The highest BCUT2D eigenvalue weighted by atomic mass is 16.5. The SMILES string of the molecule is COc1ccc(C(=O)[C@@H]2[C@H](Oc3ccccc3)C(=O)N2n2cc(-c3ccccc3)nn2)cc1. The molecule has 0 aliphatic carbocycles. The van der Waals surface area contributed by atoms with Gasteiger partial charge in [0, 0.05) is 11.1 Å². The number of methoxy groups -OCH3 is 1. The predicted octanol–water partition coefficient (Wildman–Crippen LogP) is 3.13. The number of carbonyl (C=O) groups excluding carboxylic acids is 2. The van der Waals surface area contributed by atoms with Crippen molar-refractivity contribution in [3.05, 3.63) is 96.7 Å². The van der Waals surface area contributed by atoms with E-state index < -0.39 is 12.1 Å². The number of carbonyl (C=O) groups is 2. The van der Waals surface area contributed by atoms with Gasteiger partial charge >= 0.3 is 0 Å². The summed E-state index contributed by atoms with van der Waals surface area (Å²) in [5, 5.41) is 9.55. The molecule has 5 rings (SSSR count). The molecule has 2 heterocycles. The second-order valence-electron chi connectivity index (χ2n) is 7.46. The highest BCUT2D eigenvalue weighted by Crippen LogP contribution is 2.28. The molecule has 1 saturated heterocycles. The van der Waals surface area contributed by atoms with Gasteiger partial charge in [0.1, 0.15) is 17.2 Å². The molecule has 1 aliphatic rings. The van der Waals surface area contributed by atoms with Crippen LogP contribution in [0.2, 0.25) is 0 Å². The topological polar surface area (TPSA) is 86.5 Å². The van der Waals surface area contributed by atoms with E-state index in [2.05, 4.69) is 10.3 Å². The number of nitrogens with zero attached hydrogens (tertiary/aromatic N) is 4. The van der Waals surface area contributed by atoms with Gasteiger partial charge in [0.25, 0.3) is 5.91 Å². The van der Waals surface area contributed by atoms with E-state index >= 15 is 0 Å². The Balaban J connectivity index is 1.47. The van der Waals surface area contributed by atoms with Crippen LogP contribution in [0.3, 0.4) is 0 Å². The van der Waals surface area contributed by atoms with E-state index in [1.165, 1.54) is 9.80 Å². The minimum Gasteiger partial charge on any atom is -0.497 e. The lowest BCUT2D eigenvalue weighted by Gasteiger charge is -2.44. The zero-order valence-corrected chi connectivity index (χ0v) is 17.7. The van der Waals surface area contributed by atoms with Gasteiger partial charge in [-0.25, -0.2) is 5.01 Å². The Kier molecular flexibility index (Phi) is 5.32. The molecule has 1 amide bonds. The van der Waals surface area contributed by atoms with E-state index in [4.69, 9.17) is 9.47 Å². The molecule has 1 aliphatic heterocycles. The van der Waals surface area contributed by atoms with Crippen molar-refractivity contribution in [2.24, 2.45) is 0 Å². The molecular formula is C25H20N4O4. The van der Waals surface area contributed by atoms with E-state index in [0.717, 1.165) is 5.56 Å². The Morgan fingerprint density at radius 1 is 0.879 bits per heavy atom. The second kappa shape index (κ2) is 8.58. The Hall–Kier alpha value is -4.46. The van der Waals surface area contributed by atoms with Crippen molar-refractivity contribution in [1.82, 2.24) is 15.1 Å². The number of rotatable bonds is 7. The lowest BCUT2D eigenvalue weighted by molar-refractivity contribution is -0.136. The van der Waals surface area contributed by atoms with Gasteiger partial charge in [-0.05, 0) is 41.6 Å². The number of β-lactam (4-membered cyclic amide) rings is 1. The predicted molar refractivity (Wildman–Crippen MR) is 121 cm³/mol. The number of aromatic nitrogens is 3. The normalized spacial score (nSPS) is 17.4. The smallest absolute Gasteiger partial charge is 0.287 e. The van der Waals surface area contributed by atoms with Gasteiger partial charge in [-0.2, -0.15) is 4.79 Å². The number of ketones is 1. The van der Waals surface area contributed by atoms with Crippen molar-refractivity contribution in [1.29, 1.82) is 0 Å². The summed E-state index contributed by atoms with van der Waals surface area (Å²) in [5.41, 5.74) is 1.88. The molecule has 8 nitrogen and oxygen atoms in total. The quantitative estimate of drug-likeness (QED) is 0.324. The number of amides is 1. The summed E-state index contributed by atoms with van der Waals surface area (Å²) in [7, 11) is 1.56. The summed E-state index contributed by atoms with van der Waals surface area (Å²) < 4.78 is 11.1. The number of Topliss-reactive ketones (excluding diaryl/α,β-unsaturated/α-hetero) is 1. The number of benzene rings is 3. The van der Waals surface area contributed by atoms with Crippen molar-refractivity contribution in [3.63, 3.8) is 0 Å². The minimum absolute atomic E-state index is 0.269. The zero-order chi connectivity index (χ0) is 22.8. The van der Waals surface area contributed by atoms with E-state index in [-0.39, 0.29) is 11.7 Å². The van der Waals surface area contributed by atoms with E-state index in [0.29, 0.717) is 22.8 Å². The van der Waals surface area contributed by atoms with Crippen LogP contribution in [0.1, 0.15) is 10.4 Å². The summed E-state index contributed by atoms with van der Waals surface area (Å²) in [6.45, 7) is 0. The van der Waals surface area contributed by atoms with Gasteiger partial charge in [0.2, 0.25) is 6.10 Å². The second-order valence-corrected chi connectivity index (χ2v) is 7.46. The maximum absolute atomic E-state index is 13.5. The maximum atomic E-state index is 13.5. The number of para-hydroxylation sites is 1. The van der Waals surface area contributed by atoms with Crippen LogP contribution >= 0.6 is 0 Å². The molecule has 1 aromatic heterocycles. The van der Waals surface area contributed by atoms with Crippen LogP contribution in [-0.2, 0) is 4.79 Å². The third kappa shape index (κ3) is 3.82. The van der Waals surface area contributed by atoms with Gasteiger partial charge in [-0.1, -0.05) is 48.5 Å². The van der Waals surface area contributed by atoms with Gasteiger partial charge in [0.15, 0.2) is 11.8 Å². The van der Waals surface area contributed by atoms with Crippen LogP contribution in [-0.4, -0.2) is 46.0 Å². The number of hydrogen-bond acceptors (Lipinski definition) is 6. The van der Waals surface area contributed by atoms with Crippen LogP contribution in [0.5, 0.6) is 11.5 Å². The van der Waals surface area contributed by atoms with Crippen LogP contribution < -0.4 is 14.5 Å². The number of hydrogen-bond donors (Lipinski definition) is 0. The first-order valence-corrected chi connectivity index (χ1v) is 10.4. The summed E-state index contributed by atoms with van der Waals surface area (Å²) in [6.07, 6.45) is 0.645. The highest BCUT2D eigenvalue weighted by Gasteiger charge is 2.55. The molecule has 164 valence electrons. The molecule has 0 radical (unpaired) electrons. The third-order valence-corrected chi connectivity index (χ3v) is 5.44. The summed E-state index contributed by atoms with van der Waals surface area (Å²) in [6, 6.07) is 24.3. The van der Waals surface area contributed by atoms with E-state index in [1.807, 2.05) is 36.4 Å². The first kappa shape index (κ1) is 20.4. The molecule has 33 heavy (non-hydrogen) atoms. The number of ether oxygens (including phenoxy) is 2. The van der Waals surface area contributed by atoms with Crippen molar-refractivity contribution >= 4 is 11.7 Å². The fourth-order valence-corrected chi connectivity index (χ4v) is 3.71. The van der Waals surface area contributed by atoms with Crippen LogP contribution in [0.15, 0.2) is 91.1 Å². The standard InChI is InChI=1S/C25H20N4O4/c1-32-19-14-12-18(13-15-19)23(30)22-24(33-20-10-6-3-7-11-20)25(31)29(22)28-16-21(26-27-28)17-8-4-2-5-9-17/h2-16,22,24H,1H3/t22-,24+/m1/s1. The summed E-state index contributed by atoms with van der Waals surface area (Å²) >= 11 is 0. The van der Waals surface area contributed by atoms with Crippen molar-refractivity contribution in [2.75, 3.05) is 12.1 Å². The van der Waals surface area contributed by atoms with Gasteiger partial charge in [-0.15, -0.1) is 5.10 Å². The first-order chi connectivity index (χ1) is 16.2. The van der Waals surface area contributed by atoms with Gasteiger partial charge < -0.3 is 9.47 Å². The van der Waals surface area contributed by atoms with Crippen LogP contribution in [0.4, 0.5) is 0 Å². The molecule has 3 aromatic carbocycles. The molecule has 1 fully saturated rings. The van der Waals surface area contributed by atoms with Crippen molar-refractivity contribution in [2.45, 2.75) is 12.1 Å². The Bertz CT molecular complexity index is 1270. The summed E-state index contributed by atoms with van der Waals surface area (Å²) in [4.78, 5) is 27.9. The molecule has 0 bridgehead atoms. The lowest BCUT2D eigenvalue weighted by Crippen LogP contribution is -2.74. The molecule has 0 saturated carbocycles. The van der Waals surface area contributed by atoms with Crippen molar-refractivity contribution < 1.29 is 19.1 Å². The molecule has 4 aromatic rings. The van der Waals surface area contributed by atoms with Crippen molar-refractivity contribution in [3.8, 4) is 22.8 Å². The Morgan fingerprint density at radius 3 is 2.21 bits per heavy atom. The zero-order valence-electron chi connectivity index (χ0n) is 17.7. The van der Waals surface area contributed by atoms with E-state index in [9.17, 15) is 9.59 Å². The van der Waals surface area contributed by atoms with Crippen LogP contribution in [0, 0.1) is 0 Å². The maximum Gasteiger partial charge on any atom is 0.287 e. The monoisotopic (exact) mass is 440 g/mol.